The highest BCUT2D eigenvalue weighted by molar-refractivity contribution is 5.99. The molecule has 1 unspecified atom stereocenters. The van der Waals surface area contributed by atoms with Crippen LogP contribution in [-0.4, -0.2) is 28.5 Å². The van der Waals surface area contributed by atoms with Gasteiger partial charge >= 0.3 is 0 Å². The summed E-state index contributed by atoms with van der Waals surface area (Å²) in [5.41, 5.74) is 4.27. The summed E-state index contributed by atoms with van der Waals surface area (Å²) in [6.07, 6.45) is 0. The van der Waals surface area contributed by atoms with Gasteiger partial charge in [-0.1, -0.05) is 0 Å². The molecule has 0 saturated carbocycles. The van der Waals surface area contributed by atoms with Gasteiger partial charge in [0.05, 0.1) is 11.0 Å². The Labute approximate surface area is 111 Å². The SMILES string of the molecule is Cc1cc2nc3c(nc2cc1C)C(=O)NC(C)CN3. The van der Waals surface area contributed by atoms with Gasteiger partial charge in [0.2, 0.25) is 0 Å². The fraction of sp³-hybridized carbons (Fsp3) is 0.357. The maximum atomic E-state index is 12.1. The summed E-state index contributed by atoms with van der Waals surface area (Å²) in [4.78, 5) is 21.0. The number of carbonyl (C=O) groups is 1. The minimum atomic E-state index is -0.167. The molecule has 2 N–H and O–H groups in total. The number of fused-ring (bicyclic) bond motifs is 2. The van der Waals surface area contributed by atoms with Crippen molar-refractivity contribution in [2.75, 3.05) is 11.9 Å². The van der Waals surface area contributed by atoms with Gasteiger partial charge in [-0.3, -0.25) is 4.79 Å². The van der Waals surface area contributed by atoms with Crippen molar-refractivity contribution < 1.29 is 4.79 Å². The van der Waals surface area contributed by atoms with Crippen LogP contribution >= 0.6 is 0 Å². The van der Waals surface area contributed by atoms with E-state index in [9.17, 15) is 4.79 Å². The number of hydrogen-bond acceptors (Lipinski definition) is 4. The molecule has 0 radical (unpaired) electrons. The second-order valence-corrected chi connectivity index (χ2v) is 5.10. The van der Waals surface area contributed by atoms with Gasteiger partial charge in [-0.25, -0.2) is 9.97 Å². The van der Waals surface area contributed by atoms with E-state index in [4.69, 9.17) is 0 Å². The average Bonchev–Trinajstić information content (AvgIpc) is 2.49. The zero-order valence-electron chi connectivity index (χ0n) is 11.2. The molecule has 3 rings (SSSR count). The number of hydrogen-bond donors (Lipinski definition) is 2. The monoisotopic (exact) mass is 256 g/mol. The van der Waals surface area contributed by atoms with Gasteiger partial charge in [-0.2, -0.15) is 0 Å². The summed E-state index contributed by atoms with van der Waals surface area (Å²) in [5.74, 6) is 0.401. The summed E-state index contributed by atoms with van der Waals surface area (Å²) < 4.78 is 0. The second kappa shape index (κ2) is 4.19. The Morgan fingerprint density at radius 3 is 2.47 bits per heavy atom. The van der Waals surface area contributed by atoms with Gasteiger partial charge in [0.1, 0.15) is 0 Å². The van der Waals surface area contributed by atoms with Crippen LogP contribution in [0.5, 0.6) is 0 Å². The molecule has 0 spiro atoms. The molecule has 1 atom stereocenters. The zero-order chi connectivity index (χ0) is 13.6. The Bertz CT molecular complexity index is 681. The maximum absolute atomic E-state index is 12.1. The molecule has 5 nitrogen and oxygen atoms in total. The van der Waals surface area contributed by atoms with Crippen LogP contribution in [0.3, 0.4) is 0 Å². The van der Waals surface area contributed by atoms with E-state index in [1.54, 1.807) is 0 Å². The van der Waals surface area contributed by atoms with Gasteiger partial charge in [0.15, 0.2) is 11.5 Å². The first-order valence-electron chi connectivity index (χ1n) is 6.38. The van der Waals surface area contributed by atoms with Crippen LogP contribution in [0.4, 0.5) is 5.82 Å². The van der Waals surface area contributed by atoms with E-state index in [-0.39, 0.29) is 11.9 Å². The third kappa shape index (κ3) is 2.01. The first-order chi connectivity index (χ1) is 9.04. The molecule has 98 valence electrons. The Hall–Kier alpha value is -2.17. The number of aromatic nitrogens is 2. The number of nitrogens with zero attached hydrogens (tertiary/aromatic N) is 2. The van der Waals surface area contributed by atoms with Crippen LogP contribution in [-0.2, 0) is 0 Å². The lowest BCUT2D eigenvalue weighted by Crippen LogP contribution is -2.34. The molecule has 19 heavy (non-hydrogen) atoms. The number of carbonyl (C=O) groups excluding carboxylic acids is 1. The normalized spacial score (nSPS) is 18.5. The lowest BCUT2D eigenvalue weighted by Gasteiger charge is -2.08. The maximum Gasteiger partial charge on any atom is 0.274 e. The Kier molecular flexibility index (Phi) is 2.62. The number of benzene rings is 1. The van der Waals surface area contributed by atoms with Crippen molar-refractivity contribution in [1.82, 2.24) is 15.3 Å². The molecule has 5 heteroatoms. The molecular formula is C14H16N4O. The molecule has 1 aliphatic rings. The molecule has 0 bridgehead atoms. The topological polar surface area (TPSA) is 66.9 Å². The fourth-order valence-corrected chi connectivity index (χ4v) is 2.19. The predicted octanol–water partition coefficient (Wildman–Crippen LogP) is 1.79. The molecule has 2 aromatic rings. The van der Waals surface area contributed by atoms with Gasteiger partial charge in [0, 0.05) is 12.6 Å². The van der Waals surface area contributed by atoms with Crippen LogP contribution in [0.1, 0.15) is 28.5 Å². The summed E-state index contributed by atoms with van der Waals surface area (Å²) in [6, 6.07) is 4.04. The Morgan fingerprint density at radius 2 is 1.79 bits per heavy atom. The van der Waals surface area contributed by atoms with Gasteiger partial charge in [0.25, 0.3) is 5.91 Å². The highest BCUT2D eigenvalue weighted by Crippen LogP contribution is 2.21. The predicted molar refractivity (Wildman–Crippen MR) is 74.4 cm³/mol. The number of nitrogens with one attached hydrogen (secondary N) is 2. The zero-order valence-corrected chi connectivity index (χ0v) is 11.2. The van der Waals surface area contributed by atoms with Crippen molar-refractivity contribution in [2.45, 2.75) is 26.8 Å². The quantitative estimate of drug-likeness (QED) is 0.754. The first-order valence-corrected chi connectivity index (χ1v) is 6.38. The van der Waals surface area contributed by atoms with Crippen molar-refractivity contribution in [3.63, 3.8) is 0 Å². The largest absolute Gasteiger partial charge is 0.366 e. The van der Waals surface area contributed by atoms with E-state index in [2.05, 4.69) is 20.6 Å². The summed E-state index contributed by atoms with van der Waals surface area (Å²) in [7, 11) is 0. The molecule has 1 aromatic heterocycles. The van der Waals surface area contributed by atoms with Gasteiger partial charge in [-0.05, 0) is 44.0 Å². The molecule has 1 aromatic carbocycles. The lowest BCUT2D eigenvalue weighted by atomic mass is 10.1. The second-order valence-electron chi connectivity index (χ2n) is 5.10. The van der Waals surface area contributed by atoms with Crippen molar-refractivity contribution >= 4 is 22.8 Å². The molecule has 0 saturated heterocycles. The van der Waals surface area contributed by atoms with Crippen molar-refractivity contribution in [1.29, 1.82) is 0 Å². The smallest absolute Gasteiger partial charge is 0.274 e. The number of anilines is 1. The summed E-state index contributed by atoms with van der Waals surface area (Å²) >= 11 is 0. The van der Waals surface area contributed by atoms with Crippen molar-refractivity contribution in [2.24, 2.45) is 0 Å². The van der Waals surface area contributed by atoms with E-state index >= 15 is 0 Å². The standard InChI is InChI=1S/C14H16N4O/c1-7-4-10-11(5-8(7)2)18-13-12(17-10)14(19)16-9(3)6-15-13/h4-5,9H,6H2,1-3H3,(H,15,18)(H,16,19). The average molecular weight is 256 g/mol. The van der Waals surface area contributed by atoms with Crippen LogP contribution in [0.2, 0.25) is 0 Å². The number of aryl methyl sites for hydroxylation is 2. The van der Waals surface area contributed by atoms with Crippen molar-refractivity contribution in [3.8, 4) is 0 Å². The highest BCUT2D eigenvalue weighted by Gasteiger charge is 2.22. The number of rotatable bonds is 0. The first kappa shape index (κ1) is 11.9. The molecule has 1 aliphatic heterocycles. The highest BCUT2D eigenvalue weighted by atomic mass is 16.2. The summed E-state index contributed by atoms with van der Waals surface area (Å²) in [6.45, 7) is 6.68. The van der Waals surface area contributed by atoms with E-state index in [1.807, 2.05) is 32.9 Å². The van der Waals surface area contributed by atoms with Gasteiger partial charge in [-0.15, -0.1) is 0 Å². The summed E-state index contributed by atoms with van der Waals surface area (Å²) in [5, 5.41) is 6.06. The van der Waals surface area contributed by atoms with Crippen molar-refractivity contribution in [3.05, 3.63) is 29.0 Å². The molecule has 1 amide bonds. The van der Waals surface area contributed by atoms with Crippen LogP contribution in [0.25, 0.3) is 11.0 Å². The molecule has 0 fully saturated rings. The third-order valence-corrected chi connectivity index (χ3v) is 3.45. The van der Waals surface area contributed by atoms with Crippen LogP contribution < -0.4 is 10.6 Å². The Morgan fingerprint density at radius 1 is 1.16 bits per heavy atom. The number of amides is 1. The van der Waals surface area contributed by atoms with Gasteiger partial charge < -0.3 is 10.6 Å². The van der Waals surface area contributed by atoms with E-state index < -0.39 is 0 Å². The third-order valence-electron chi connectivity index (χ3n) is 3.45. The van der Waals surface area contributed by atoms with E-state index in [0.29, 0.717) is 18.1 Å². The molecule has 0 aliphatic carbocycles. The van der Waals surface area contributed by atoms with Crippen LogP contribution in [0, 0.1) is 13.8 Å². The van der Waals surface area contributed by atoms with E-state index in [1.165, 1.54) is 5.56 Å². The minimum absolute atomic E-state index is 0.0649. The van der Waals surface area contributed by atoms with E-state index in [0.717, 1.165) is 16.6 Å². The minimum Gasteiger partial charge on any atom is -0.366 e. The lowest BCUT2D eigenvalue weighted by molar-refractivity contribution is 0.0941. The fourth-order valence-electron chi connectivity index (χ4n) is 2.19. The molecule has 2 heterocycles. The van der Waals surface area contributed by atoms with Crippen LogP contribution in [0.15, 0.2) is 12.1 Å². The molecular weight excluding hydrogens is 240 g/mol. The Balaban J connectivity index is 2.22.